The average Bonchev–Trinajstić information content (AvgIpc) is 2.94. The quantitative estimate of drug-likeness (QED) is 0.644. The summed E-state index contributed by atoms with van der Waals surface area (Å²) in [6.45, 7) is 3.96. The number of hydrogen-bond donors (Lipinski definition) is 2. The molecule has 0 spiro atoms. The Morgan fingerprint density at radius 3 is 2.42 bits per heavy atom. The zero-order valence-electron chi connectivity index (χ0n) is 12.1. The summed E-state index contributed by atoms with van der Waals surface area (Å²) in [5.41, 5.74) is 1.75. The Labute approximate surface area is 116 Å². The van der Waals surface area contributed by atoms with E-state index in [9.17, 15) is 0 Å². The van der Waals surface area contributed by atoms with E-state index in [1.807, 2.05) is 7.05 Å². The Morgan fingerprint density at radius 2 is 1.84 bits per heavy atom. The predicted molar refractivity (Wildman–Crippen MR) is 81.6 cm³/mol. The molecule has 3 nitrogen and oxygen atoms in total. The summed E-state index contributed by atoms with van der Waals surface area (Å²) >= 11 is 0. The highest BCUT2D eigenvalue weighted by atomic mass is 15.2. The van der Waals surface area contributed by atoms with E-state index in [2.05, 4.69) is 52.9 Å². The molecule has 1 saturated carbocycles. The number of benzene rings is 1. The number of rotatable bonds is 4. The number of nitrogens with zero attached hydrogens (tertiary/aromatic N) is 1. The van der Waals surface area contributed by atoms with Crippen molar-refractivity contribution in [1.29, 1.82) is 0 Å². The van der Waals surface area contributed by atoms with Crippen LogP contribution in [-0.2, 0) is 5.41 Å². The molecule has 0 bridgehead atoms. The lowest BCUT2D eigenvalue weighted by Gasteiger charge is -2.30. The maximum Gasteiger partial charge on any atom is 0.190 e. The molecule has 1 aliphatic carbocycles. The van der Waals surface area contributed by atoms with Gasteiger partial charge in [-0.15, -0.1) is 0 Å². The first kappa shape index (κ1) is 13.9. The molecule has 0 unspecified atom stereocenters. The second kappa shape index (κ2) is 6.60. The Kier molecular flexibility index (Phi) is 4.83. The number of aliphatic imine (C=N–C) groups is 1. The summed E-state index contributed by atoms with van der Waals surface area (Å²) in [6.07, 6.45) is 5.20. The molecule has 2 N–H and O–H groups in total. The van der Waals surface area contributed by atoms with Gasteiger partial charge in [-0.3, -0.25) is 4.99 Å². The molecule has 0 radical (unpaired) electrons. The van der Waals surface area contributed by atoms with Gasteiger partial charge >= 0.3 is 0 Å². The van der Waals surface area contributed by atoms with Gasteiger partial charge in [0, 0.05) is 25.6 Å². The van der Waals surface area contributed by atoms with Crippen molar-refractivity contribution in [2.75, 3.05) is 20.1 Å². The highest BCUT2D eigenvalue weighted by molar-refractivity contribution is 5.79. The highest BCUT2D eigenvalue weighted by Gasteiger charge is 2.35. The highest BCUT2D eigenvalue weighted by Crippen LogP contribution is 2.40. The van der Waals surface area contributed by atoms with E-state index in [0.29, 0.717) is 0 Å². The maximum absolute atomic E-state index is 4.26. The van der Waals surface area contributed by atoms with Crippen molar-refractivity contribution in [3.63, 3.8) is 0 Å². The van der Waals surface area contributed by atoms with Gasteiger partial charge in [-0.05, 0) is 25.3 Å². The van der Waals surface area contributed by atoms with E-state index < -0.39 is 0 Å². The molecular formula is C16H25N3. The van der Waals surface area contributed by atoms with E-state index in [4.69, 9.17) is 0 Å². The van der Waals surface area contributed by atoms with Gasteiger partial charge in [-0.25, -0.2) is 0 Å². The fourth-order valence-electron chi connectivity index (χ4n) is 3.05. The van der Waals surface area contributed by atoms with Crippen LogP contribution >= 0.6 is 0 Å². The van der Waals surface area contributed by atoms with Gasteiger partial charge in [0.15, 0.2) is 5.96 Å². The van der Waals surface area contributed by atoms with Gasteiger partial charge in [0.25, 0.3) is 0 Å². The van der Waals surface area contributed by atoms with Gasteiger partial charge in [-0.2, -0.15) is 0 Å². The summed E-state index contributed by atoms with van der Waals surface area (Å²) in [6, 6.07) is 10.9. The Hall–Kier alpha value is -1.51. The maximum atomic E-state index is 4.26. The summed E-state index contributed by atoms with van der Waals surface area (Å²) in [5, 5.41) is 6.75. The third-order valence-electron chi connectivity index (χ3n) is 4.11. The van der Waals surface area contributed by atoms with Crippen LogP contribution in [0.5, 0.6) is 0 Å². The first-order chi connectivity index (χ1) is 9.30. The first-order valence-corrected chi connectivity index (χ1v) is 7.31. The van der Waals surface area contributed by atoms with Crippen molar-refractivity contribution in [3.8, 4) is 0 Å². The minimum Gasteiger partial charge on any atom is -0.357 e. The lowest BCUT2D eigenvalue weighted by atomic mass is 9.79. The topological polar surface area (TPSA) is 36.4 Å². The summed E-state index contributed by atoms with van der Waals surface area (Å²) < 4.78 is 0. The number of guanidine groups is 1. The van der Waals surface area contributed by atoms with Crippen molar-refractivity contribution >= 4 is 5.96 Å². The normalized spacial score (nSPS) is 18.3. The summed E-state index contributed by atoms with van der Waals surface area (Å²) in [5.74, 6) is 0.907. The van der Waals surface area contributed by atoms with Gasteiger partial charge < -0.3 is 10.6 Å². The number of hydrogen-bond acceptors (Lipinski definition) is 1. The molecule has 104 valence electrons. The van der Waals surface area contributed by atoms with Crippen molar-refractivity contribution in [2.45, 2.75) is 38.0 Å². The molecule has 0 atom stereocenters. The number of nitrogens with one attached hydrogen (secondary N) is 2. The van der Waals surface area contributed by atoms with Crippen molar-refractivity contribution in [2.24, 2.45) is 4.99 Å². The molecule has 0 aliphatic heterocycles. The molecule has 19 heavy (non-hydrogen) atoms. The second-order valence-corrected chi connectivity index (χ2v) is 5.31. The molecule has 0 saturated heterocycles. The van der Waals surface area contributed by atoms with Crippen LogP contribution in [0.3, 0.4) is 0 Å². The molecule has 3 heteroatoms. The zero-order chi connectivity index (χ0) is 13.6. The van der Waals surface area contributed by atoms with Gasteiger partial charge in [0.1, 0.15) is 0 Å². The third-order valence-corrected chi connectivity index (χ3v) is 4.11. The molecule has 1 aliphatic rings. The Balaban J connectivity index is 2.09. The van der Waals surface area contributed by atoms with E-state index in [1.54, 1.807) is 0 Å². The van der Waals surface area contributed by atoms with Crippen molar-refractivity contribution < 1.29 is 0 Å². The minimum atomic E-state index is 0.284. The van der Waals surface area contributed by atoms with Crippen LogP contribution in [0.2, 0.25) is 0 Å². The second-order valence-electron chi connectivity index (χ2n) is 5.31. The molecule has 0 heterocycles. The lowest BCUT2D eigenvalue weighted by molar-refractivity contribution is 0.432. The molecule has 2 rings (SSSR count). The minimum absolute atomic E-state index is 0.284. The summed E-state index contributed by atoms with van der Waals surface area (Å²) in [7, 11) is 1.83. The molecule has 0 amide bonds. The monoisotopic (exact) mass is 259 g/mol. The average molecular weight is 259 g/mol. The Bertz CT molecular complexity index is 405. The van der Waals surface area contributed by atoms with Crippen LogP contribution in [0.25, 0.3) is 0 Å². The third kappa shape index (κ3) is 3.28. The molecule has 0 aromatic heterocycles. The smallest absolute Gasteiger partial charge is 0.190 e. The van der Waals surface area contributed by atoms with E-state index >= 15 is 0 Å². The van der Waals surface area contributed by atoms with Crippen LogP contribution in [0.1, 0.15) is 38.2 Å². The Morgan fingerprint density at radius 1 is 1.16 bits per heavy atom. The van der Waals surface area contributed by atoms with Crippen molar-refractivity contribution in [1.82, 2.24) is 10.6 Å². The standard InChI is InChI=1S/C16H25N3/c1-3-18-15(17-2)19-13-16(11-7-8-12-16)14-9-5-4-6-10-14/h4-6,9-10H,3,7-8,11-13H2,1-2H3,(H2,17,18,19). The van der Waals surface area contributed by atoms with Crippen LogP contribution in [0, 0.1) is 0 Å². The van der Waals surface area contributed by atoms with E-state index in [-0.39, 0.29) is 5.41 Å². The summed E-state index contributed by atoms with van der Waals surface area (Å²) in [4.78, 5) is 4.26. The fraction of sp³-hybridized carbons (Fsp3) is 0.562. The SMILES string of the molecule is CCNC(=NC)NCC1(c2ccccc2)CCCC1. The molecular weight excluding hydrogens is 234 g/mol. The molecule has 1 aromatic rings. The lowest BCUT2D eigenvalue weighted by Crippen LogP contribution is -2.44. The van der Waals surface area contributed by atoms with Gasteiger partial charge in [0.05, 0.1) is 0 Å². The fourth-order valence-corrected chi connectivity index (χ4v) is 3.05. The van der Waals surface area contributed by atoms with E-state index in [1.165, 1.54) is 31.2 Å². The predicted octanol–water partition coefficient (Wildman–Crippen LogP) is 2.68. The van der Waals surface area contributed by atoms with Crippen LogP contribution < -0.4 is 10.6 Å². The van der Waals surface area contributed by atoms with Crippen molar-refractivity contribution in [3.05, 3.63) is 35.9 Å². The van der Waals surface area contributed by atoms with Gasteiger partial charge in [-0.1, -0.05) is 43.2 Å². The van der Waals surface area contributed by atoms with Gasteiger partial charge in [0.2, 0.25) is 0 Å². The molecule has 1 aromatic carbocycles. The largest absolute Gasteiger partial charge is 0.357 e. The van der Waals surface area contributed by atoms with Crippen LogP contribution in [0.15, 0.2) is 35.3 Å². The van der Waals surface area contributed by atoms with Crippen LogP contribution in [0.4, 0.5) is 0 Å². The van der Waals surface area contributed by atoms with E-state index in [0.717, 1.165) is 19.0 Å². The first-order valence-electron chi connectivity index (χ1n) is 7.31. The molecule has 1 fully saturated rings. The van der Waals surface area contributed by atoms with Crippen LogP contribution in [-0.4, -0.2) is 26.1 Å². The zero-order valence-corrected chi connectivity index (χ0v) is 12.1.